The van der Waals surface area contributed by atoms with Crippen molar-refractivity contribution in [1.82, 2.24) is 9.88 Å². The summed E-state index contributed by atoms with van der Waals surface area (Å²) >= 11 is 1.53. The minimum atomic E-state index is -4.36. The normalized spacial score (nSPS) is 17.3. The molecule has 8 heteroatoms. The third-order valence-corrected chi connectivity index (χ3v) is 5.74. The Morgan fingerprint density at radius 1 is 1.25 bits per heavy atom. The first-order valence-electron chi connectivity index (χ1n) is 9.04. The number of hydrogen-bond acceptors (Lipinski definition) is 3. The van der Waals surface area contributed by atoms with E-state index >= 15 is 0 Å². The van der Waals surface area contributed by atoms with Crippen LogP contribution in [0.4, 0.5) is 13.2 Å². The molecule has 28 heavy (non-hydrogen) atoms. The van der Waals surface area contributed by atoms with Crippen LogP contribution in [0.25, 0.3) is 10.2 Å². The number of nitrogens with zero attached hydrogens (tertiary/aromatic N) is 1. The van der Waals surface area contributed by atoms with Crippen LogP contribution in [-0.4, -0.2) is 29.7 Å². The third kappa shape index (κ3) is 3.93. The molecule has 1 fully saturated rings. The Hall–Kier alpha value is -2.32. The molecule has 1 aliphatic rings. The molecule has 3 heterocycles. The van der Waals surface area contributed by atoms with Gasteiger partial charge < -0.3 is 14.6 Å². The lowest BCUT2D eigenvalue weighted by molar-refractivity contribution is -0.137. The van der Waals surface area contributed by atoms with Crippen molar-refractivity contribution in [3.8, 4) is 0 Å². The largest absolute Gasteiger partial charge is 0.416 e. The number of alkyl halides is 3. The Labute approximate surface area is 163 Å². The van der Waals surface area contributed by atoms with Gasteiger partial charge in [0, 0.05) is 19.7 Å². The van der Waals surface area contributed by atoms with Gasteiger partial charge in [-0.3, -0.25) is 4.79 Å². The minimum absolute atomic E-state index is 0.0448. The van der Waals surface area contributed by atoms with E-state index in [0.29, 0.717) is 24.3 Å². The van der Waals surface area contributed by atoms with Crippen LogP contribution < -0.4 is 5.32 Å². The molecule has 148 valence electrons. The fourth-order valence-corrected chi connectivity index (χ4v) is 4.24. The first kappa shape index (κ1) is 19.0. The van der Waals surface area contributed by atoms with Crippen LogP contribution in [0, 0.1) is 0 Å². The van der Waals surface area contributed by atoms with Crippen molar-refractivity contribution in [3.63, 3.8) is 0 Å². The van der Waals surface area contributed by atoms with Crippen LogP contribution in [0.15, 0.2) is 41.8 Å². The number of hydrogen-bond donors (Lipinski definition) is 1. The second kappa shape index (κ2) is 7.60. The summed E-state index contributed by atoms with van der Waals surface area (Å²) in [5.74, 6) is -0.203. The number of carbonyl (C=O) groups is 1. The number of benzene rings is 1. The number of amides is 1. The zero-order valence-corrected chi connectivity index (χ0v) is 15.8. The monoisotopic (exact) mass is 408 g/mol. The van der Waals surface area contributed by atoms with Gasteiger partial charge in [-0.1, -0.05) is 12.1 Å². The molecule has 3 aromatic rings. The summed E-state index contributed by atoms with van der Waals surface area (Å²) < 4.78 is 46.7. The summed E-state index contributed by atoms with van der Waals surface area (Å²) in [5.41, 5.74) is 1.41. The molecular formula is C20H19F3N2O2S. The summed E-state index contributed by atoms with van der Waals surface area (Å²) in [6.07, 6.45) is -2.38. The van der Waals surface area contributed by atoms with E-state index in [2.05, 4.69) is 5.32 Å². The molecule has 0 aliphatic carbocycles. The van der Waals surface area contributed by atoms with E-state index in [1.165, 1.54) is 23.5 Å². The van der Waals surface area contributed by atoms with Gasteiger partial charge in [-0.05, 0) is 48.1 Å². The molecule has 0 unspecified atom stereocenters. The van der Waals surface area contributed by atoms with Crippen molar-refractivity contribution in [1.29, 1.82) is 0 Å². The van der Waals surface area contributed by atoms with Gasteiger partial charge >= 0.3 is 6.18 Å². The smallest absolute Gasteiger partial charge is 0.376 e. The van der Waals surface area contributed by atoms with Crippen LogP contribution in [0.3, 0.4) is 0 Å². The highest BCUT2D eigenvalue weighted by Gasteiger charge is 2.30. The van der Waals surface area contributed by atoms with Crippen molar-refractivity contribution >= 4 is 27.5 Å². The lowest BCUT2D eigenvalue weighted by Gasteiger charge is -2.14. The molecule has 1 aliphatic heterocycles. The number of thiophene rings is 1. The van der Waals surface area contributed by atoms with Crippen molar-refractivity contribution in [3.05, 3.63) is 58.6 Å². The van der Waals surface area contributed by atoms with E-state index in [9.17, 15) is 18.0 Å². The molecule has 0 spiro atoms. The average molecular weight is 408 g/mol. The Bertz CT molecular complexity index is 970. The Morgan fingerprint density at radius 2 is 2.04 bits per heavy atom. The molecule has 0 saturated carbocycles. The van der Waals surface area contributed by atoms with Crippen LogP contribution >= 0.6 is 11.3 Å². The average Bonchev–Trinajstić information content (AvgIpc) is 3.38. The summed E-state index contributed by atoms with van der Waals surface area (Å²) in [6.45, 7) is 1.50. The SMILES string of the molecule is O=C(NC[C@@H]1CCCO1)c1cc2sccc2n1Cc1ccc(C(F)(F)F)cc1. The molecular weight excluding hydrogens is 389 g/mol. The lowest BCUT2D eigenvalue weighted by Crippen LogP contribution is -2.33. The molecule has 2 aromatic heterocycles. The number of halogens is 3. The van der Waals surface area contributed by atoms with E-state index < -0.39 is 11.7 Å². The van der Waals surface area contributed by atoms with Gasteiger partial charge in [0.25, 0.3) is 5.91 Å². The van der Waals surface area contributed by atoms with Crippen LogP contribution in [0.1, 0.15) is 34.5 Å². The highest BCUT2D eigenvalue weighted by molar-refractivity contribution is 7.17. The van der Waals surface area contributed by atoms with Gasteiger partial charge in [-0.2, -0.15) is 13.2 Å². The van der Waals surface area contributed by atoms with Gasteiger partial charge in [0.1, 0.15) is 5.69 Å². The highest BCUT2D eigenvalue weighted by atomic mass is 32.1. The Morgan fingerprint density at radius 3 is 2.71 bits per heavy atom. The topological polar surface area (TPSA) is 43.3 Å². The molecule has 0 bridgehead atoms. The molecule has 1 atom stereocenters. The first-order chi connectivity index (χ1) is 13.4. The fourth-order valence-electron chi connectivity index (χ4n) is 3.42. The third-order valence-electron chi connectivity index (χ3n) is 4.89. The molecule has 4 nitrogen and oxygen atoms in total. The quantitative estimate of drug-likeness (QED) is 0.666. The second-order valence-electron chi connectivity index (χ2n) is 6.83. The number of fused-ring (bicyclic) bond motifs is 1. The number of aromatic nitrogens is 1. The first-order valence-corrected chi connectivity index (χ1v) is 9.92. The summed E-state index contributed by atoms with van der Waals surface area (Å²) in [7, 11) is 0. The molecule has 1 amide bonds. The summed E-state index contributed by atoms with van der Waals surface area (Å²) in [6, 6.07) is 8.79. The van der Waals surface area contributed by atoms with E-state index in [1.807, 2.05) is 22.1 Å². The maximum Gasteiger partial charge on any atom is 0.416 e. The van der Waals surface area contributed by atoms with Gasteiger partial charge in [-0.25, -0.2) is 0 Å². The molecule has 0 radical (unpaired) electrons. The summed E-state index contributed by atoms with van der Waals surface area (Å²) in [5, 5.41) is 4.85. The van der Waals surface area contributed by atoms with E-state index in [4.69, 9.17) is 4.74 Å². The summed E-state index contributed by atoms with van der Waals surface area (Å²) in [4.78, 5) is 12.7. The van der Waals surface area contributed by atoms with E-state index in [-0.39, 0.29) is 12.0 Å². The van der Waals surface area contributed by atoms with Gasteiger partial charge in [0.15, 0.2) is 0 Å². The zero-order chi connectivity index (χ0) is 19.7. The number of rotatable bonds is 5. The molecule has 1 aromatic carbocycles. The van der Waals surface area contributed by atoms with Crippen molar-refractivity contribution < 1.29 is 22.7 Å². The van der Waals surface area contributed by atoms with Gasteiger partial charge in [0.2, 0.25) is 0 Å². The fraction of sp³-hybridized carbons (Fsp3) is 0.350. The number of nitrogens with one attached hydrogen (secondary N) is 1. The van der Waals surface area contributed by atoms with Crippen LogP contribution in [0.5, 0.6) is 0 Å². The molecule has 4 rings (SSSR count). The minimum Gasteiger partial charge on any atom is -0.376 e. The predicted molar refractivity (Wildman–Crippen MR) is 102 cm³/mol. The van der Waals surface area contributed by atoms with Crippen LogP contribution in [0.2, 0.25) is 0 Å². The maximum absolute atomic E-state index is 12.8. The van der Waals surface area contributed by atoms with Crippen molar-refractivity contribution in [2.24, 2.45) is 0 Å². The highest BCUT2D eigenvalue weighted by Crippen LogP contribution is 2.30. The van der Waals surface area contributed by atoms with Crippen molar-refractivity contribution in [2.45, 2.75) is 31.7 Å². The van der Waals surface area contributed by atoms with Gasteiger partial charge in [0.05, 0.1) is 21.9 Å². The van der Waals surface area contributed by atoms with E-state index in [1.54, 1.807) is 0 Å². The standard InChI is InChI=1S/C20H19F3N2O2S/c21-20(22,23)14-5-3-13(4-6-14)12-25-16-7-9-28-18(16)10-17(25)19(26)24-11-15-2-1-8-27-15/h3-7,9-10,15H,1-2,8,11-12H2,(H,24,26)/t15-/m0/s1. The van der Waals surface area contributed by atoms with Crippen molar-refractivity contribution in [2.75, 3.05) is 13.2 Å². The zero-order valence-electron chi connectivity index (χ0n) is 15.0. The number of carbonyl (C=O) groups excluding carboxylic acids is 1. The molecule has 1 saturated heterocycles. The van der Waals surface area contributed by atoms with Crippen LogP contribution in [-0.2, 0) is 17.5 Å². The predicted octanol–water partition coefficient (Wildman–Crippen LogP) is 4.68. The maximum atomic E-state index is 12.8. The van der Waals surface area contributed by atoms with E-state index in [0.717, 1.165) is 41.8 Å². The molecule has 1 N–H and O–H groups in total. The lowest BCUT2D eigenvalue weighted by atomic mass is 10.1. The number of ether oxygens (including phenoxy) is 1. The Kier molecular flexibility index (Phi) is 5.16. The second-order valence-corrected chi connectivity index (χ2v) is 7.77. The Balaban J connectivity index is 1.56. The van der Waals surface area contributed by atoms with Gasteiger partial charge in [-0.15, -0.1) is 11.3 Å².